The first-order chi connectivity index (χ1) is 12.5. The predicted octanol–water partition coefficient (Wildman–Crippen LogP) is 4.65. The fourth-order valence-electron chi connectivity index (χ4n) is 2.27. The highest BCUT2D eigenvalue weighted by atomic mass is 32.1. The third-order valence-electron chi connectivity index (χ3n) is 3.65. The van der Waals surface area contributed by atoms with Crippen LogP contribution in [0.1, 0.15) is 19.5 Å². The Kier molecular flexibility index (Phi) is 5.80. The highest BCUT2D eigenvalue weighted by Crippen LogP contribution is 2.25. The van der Waals surface area contributed by atoms with Gasteiger partial charge in [0.1, 0.15) is 0 Å². The number of aromatic nitrogens is 1. The van der Waals surface area contributed by atoms with Gasteiger partial charge in [-0.3, -0.25) is 9.59 Å². The summed E-state index contributed by atoms with van der Waals surface area (Å²) in [6.07, 6.45) is 0.163. The number of hydrogen-bond donors (Lipinski definition) is 2. The molecule has 7 heteroatoms. The van der Waals surface area contributed by atoms with Crippen LogP contribution in [-0.4, -0.2) is 16.8 Å². The van der Waals surface area contributed by atoms with Crippen molar-refractivity contribution in [2.75, 3.05) is 10.6 Å². The average molecular weight is 386 g/mol. The van der Waals surface area contributed by atoms with Gasteiger partial charge >= 0.3 is 0 Å². The molecule has 0 atom stereocenters. The molecule has 26 heavy (non-hydrogen) atoms. The minimum absolute atomic E-state index is 0.0828. The van der Waals surface area contributed by atoms with E-state index in [2.05, 4.69) is 21.0 Å². The minimum atomic E-state index is -0.139. The van der Waals surface area contributed by atoms with Crippen LogP contribution >= 0.6 is 22.7 Å². The van der Waals surface area contributed by atoms with Gasteiger partial charge in [-0.1, -0.05) is 26.0 Å². The van der Waals surface area contributed by atoms with Gasteiger partial charge in [-0.15, -0.1) is 11.3 Å². The number of carbonyl (C=O) groups is 2. The van der Waals surface area contributed by atoms with E-state index >= 15 is 0 Å². The van der Waals surface area contributed by atoms with Crippen LogP contribution in [0.25, 0.3) is 11.1 Å². The van der Waals surface area contributed by atoms with Crippen molar-refractivity contribution < 1.29 is 9.59 Å². The summed E-state index contributed by atoms with van der Waals surface area (Å²) in [7, 11) is 0. The molecular weight excluding hydrogens is 366 g/mol. The Bertz CT molecular complexity index is 901. The number of hydrogen-bond acceptors (Lipinski definition) is 5. The Morgan fingerprint density at radius 1 is 1.12 bits per heavy atom. The van der Waals surface area contributed by atoms with Gasteiger partial charge < -0.3 is 10.6 Å². The number of nitrogens with zero attached hydrogens (tertiary/aromatic N) is 1. The Balaban J connectivity index is 1.60. The molecule has 3 rings (SSSR count). The lowest BCUT2D eigenvalue weighted by Gasteiger charge is -2.06. The van der Waals surface area contributed by atoms with E-state index in [1.165, 1.54) is 11.3 Å². The highest BCUT2D eigenvalue weighted by Gasteiger charge is 2.12. The normalized spacial score (nSPS) is 10.7. The molecule has 0 saturated heterocycles. The van der Waals surface area contributed by atoms with Crippen molar-refractivity contribution in [3.63, 3.8) is 0 Å². The van der Waals surface area contributed by atoms with Crippen LogP contribution in [0.15, 0.2) is 46.5 Å². The van der Waals surface area contributed by atoms with E-state index in [1.54, 1.807) is 16.7 Å². The molecule has 2 N–H and O–H groups in total. The predicted molar refractivity (Wildman–Crippen MR) is 108 cm³/mol. The maximum atomic E-state index is 12.3. The molecule has 0 aliphatic rings. The summed E-state index contributed by atoms with van der Waals surface area (Å²) >= 11 is 2.96. The number of carbonyl (C=O) groups excluding carboxylic acids is 2. The SMILES string of the molecule is CC(C)C(=O)Nc1nc(CC(=O)Nc2cccc(-c3ccsc3)c2)cs1. The lowest BCUT2D eigenvalue weighted by Crippen LogP contribution is -2.18. The molecule has 0 spiro atoms. The molecule has 0 radical (unpaired) electrons. The van der Waals surface area contributed by atoms with Gasteiger partial charge in [0.15, 0.2) is 5.13 Å². The molecule has 2 heterocycles. The molecule has 3 aromatic rings. The maximum absolute atomic E-state index is 12.3. The van der Waals surface area contributed by atoms with E-state index in [9.17, 15) is 9.59 Å². The summed E-state index contributed by atoms with van der Waals surface area (Å²) in [4.78, 5) is 28.3. The molecule has 0 aliphatic carbocycles. The number of anilines is 2. The molecule has 0 fully saturated rings. The summed E-state index contributed by atoms with van der Waals surface area (Å²) in [5, 5.41) is 12.1. The van der Waals surface area contributed by atoms with E-state index in [0.717, 1.165) is 16.8 Å². The van der Waals surface area contributed by atoms with E-state index in [0.29, 0.717) is 10.8 Å². The first-order valence-electron chi connectivity index (χ1n) is 8.19. The molecule has 134 valence electrons. The molecule has 0 unspecified atom stereocenters. The van der Waals surface area contributed by atoms with Crippen molar-refractivity contribution in [2.24, 2.45) is 5.92 Å². The molecule has 0 saturated carbocycles. The van der Waals surface area contributed by atoms with Crippen molar-refractivity contribution in [3.05, 3.63) is 52.2 Å². The number of thiophene rings is 1. The number of amides is 2. The minimum Gasteiger partial charge on any atom is -0.326 e. The van der Waals surface area contributed by atoms with Gasteiger partial charge in [0.05, 0.1) is 12.1 Å². The van der Waals surface area contributed by atoms with Crippen LogP contribution in [0.3, 0.4) is 0 Å². The molecule has 2 amide bonds. The van der Waals surface area contributed by atoms with Gasteiger partial charge in [0.25, 0.3) is 0 Å². The van der Waals surface area contributed by atoms with Crippen LogP contribution in [0.2, 0.25) is 0 Å². The molecule has 1 aromatic carbocycles. The summed E-state index contributed by atoms with van der Waals surface area (Å²) in [6.45, 7) is 3.64. The van der Waals surface area contributed by atoms with Crippen molar-refractivity contribution in [1.82, 2.24) is 4.98 Å². The zero-order valence-electron chi connectivity index (χ0n) is 14.5. The Morgan fingerprint density at radius 2 is 1.96 bits per heavy atom. The highest BCUT2D eigenvalue weighted by molar-refractivity contribution is 7.14. The van der Waals surface area contributed by atoms with Crippen molar-refractivity contribution >= 4 is 45.3 Å². The van der Waals surface area contributed by atoms with E-state index in [-0.39, 0.29) is 24.2 Å². The van der Waals surface area contributed by atoms with Crippen LogP contribution in [-0.2, 0) is 16.0 Å². The Hall–Kier alpha value is -2.51. The van der Waals surface area contributed by atoms with Crippen molar-refractivity contribution in [2.45, 2.75) is 20.3 Å². The number of benzene rings is 1. The van der Waals surface area contributed by atoms with E-state index in [1.807, 2.05) is 49.6 Å². The van der Waals surface area contributed by atoms with E-state index < -0.39 is 0 Å². The van der Waals surface area contributed by atoms with Gasteiger partial charge in [0.2, 0.25) is 11.8 Å². The summed E-state index contributed by atoms with van der Waals surface area (Å²) < 4.78 is 0. The molecule has 0 bridgehead atoms. The first kappa shape index (κ1) is 18.3. The standard InChI is InChI=1S/C19H19N3O2S2/c1-12(2)18(24)22-19-21-16(11-26-19)9-17(23)20-15-5-3-4-13(8-15)14-6-7-25-10-14/h3-8,10-12H,9H2,1-2H3,(H,20,23)(H,21,22,24). The monoisotopic (exact) mass is 385 g/mol. The second-order valence-corrected chi connectivity index (χ2v) is 7.74. The fraction of sp³-hybridized carbons (Fsp3) is 0.211. The van der Waals surface area contributed by atoms with Crippen LogP contribution in [0, 0.1) is 5.92 Å². The first-order valence-corrected chi connectivity index (χ1v) is 10.0. The van der Waals surface area contributed by atoms with Crippen LogP contribution in [0.5, 0.6) is 0 Å². The largest absolute Gasteiger partial charge is 0.326 e. The average Bonchev–Trinajstić information content (AvgIpc) is 3.27. The number of nitrogens with one attached hydrogen (secondary N) is 2. The summed E-state index contributed by atoms with van der Waals surface area (Å²) in [5.41, 5.74) is 3.59. The maximum Gasteiger partial charge on any atom is 0.230 e. The van der Waals surface area contributed by atoms with Gasteiger partial charge in [-0.05, 0) is 40.1 Å². The quantitative estimate of drug-likeness (QED) is 0.649. The lowest BCUT2D eigenvalue weighted by atomic mass is 10.1. The zero-order chi connectivity index (χ0) is 18.5. The van der Waals surface area contributed by atoms with Crippen molar-refractivity contribution in [1.29, 1.82) is 0 Å². The second kappa shape index (κ2) is 8.25. The topological polar surface area (TPSA) is 71.1 Å². The molecular formula is C19H19N3O2S2. The molecule has 0 aliphatic heterocycles. The van der Waals surface area contributed by atoms with Gasteiger partial charge in [-0.2, -0.15) is 11.3 Å². The summed E-state index contributed by atoms with van der Waals surface area (Å²) in [5.74, 6) is -0.332. The van der Waals surface area contributed by atoms with Crippen LogP contribution in [0.4, 0.5) is 10.8 Å². The Morgan fingerprint density at radius 3 is 2.69 bits per heavy atom. The molecule has 5 nitrogen and oxygen atoms in total. The van der Waals surface area contributed by atoms with Gasteiger partial charge in [-0.25, -0.2) is 4.98 Å². The van der Waals surface area contributed by atoms with Gasteiger partial charge in [0, 0.05) is 17.0 Å². The fourth-order valence-corrected chi connectivity index (χ4v) is 3.65. The zero-order valence-corrected chi connectivity index (χ0v) is 16.1. The van der Waals surface area contributed by atoms with E-state index in [4.69, 9.17) is 0 Å². The summed E-state index contributed by atoms with van der Waals surface area (Å²) in [6, 6.07) is 9.80. The number of thiazole rings is 1. The molecule has 2 aromatic heterocycles. The third-order valence-corrected chi connectivity index (χ3v) is 5.14. The smallest absolute Gasteiger partial charge is 0.230 e. The Labute approximate surface area is 160 Å². The number of rotatable bonds is 6. The third kappa shape index (κ3) is 4.77. The second-order valence-electron chi connectivity index (χ2n) is 6.11. The van der Waals surface area contributed by atoms with Crippen LogP contribution < -0.4 is 10.6 Å². The lowest BCUT2D eigenvalue weighted by molar-refractivity contribution is -0.119. The van der Waals surface area contributed by atoms with Crippen molar-refractivity contribution in [3.8, 4) is 11.1 Å².